The van der Waals surface area contributed by atoms with Crippen molar-refractivity contribution in [3.8, 4) is 34.0 Å². The third-order valence-corrected chi connectivity index (χ3v) is 4.62. The molecule has 4 nitrogen and oxygen atoms in total. The van der Waals surface area contributed by atoms with Crippen molar-refractivity contribution in [3.63, 3.8) is 0 Å². The Morgan fingerprint density at radius 1 is 0.724 bits per heavy atom. The highest BCUT2D eigenvalue weighted by atomic mass is 19.1. The number of halogens is 2. The zero-order valence-electron chi connectivity index (χ0n) is 15.0. The maximum absolute atomic E-state index is 13.5. The summed E-state index contributed by atoms with van der Waals surface area (Å²) in [5.74, 6) is 0.336. The maximum Gasteiger partial charge on any atom is 0.174 e. The standard InChI is InChI=1S/C23H13F2N3O/c24-17-7-4-14(5-8-17)22-19-13-15(6-9-21(19)28-29-22)20-10-11-26-23(27-20)16-2-1-3-18(25)12-16/h1-13H. The van der Waals surface area contributed by atoms with Crippen molar-refractivity contribution in [1.82, 2.24) is 15.1 Å². The predicted octanol–water partition coefficient (Wildman–Crippen LogP) is 5.90. The van der Waals surface area contributed by atoms with E-state index in [1.807, 2.05) is 18.2 Å². The van der Waals surface area contributed by atoms with Crippen molar-refractivity contribution in [1.29, 1.82) is 0 Å². The van der Waals surface area contributed by atoms with Crippen molar-refractivity contribution in [3.05, 3.63) is 90.6 Å². The summed E-state index contributed by atoms with van der Waals surface area (Å²) in [4.78, 5) is 8.84. The quantitative estimate of drug-likeness (QED) is 0.388. The van der Waals surface area contributed by atoms with E-state index >= 15 is 0 Å². The molecule has 0 N–H and O–H groups in total. The van der Waals surface area contributed by atoms with E-state index < -0.39 is 0 Å². The van der Waals surface area contributed by atoms with Crippen LogP contribution in [-0.2, 0) is 0 Å². The molecule has 0 aliphatic rings. The lowest BCUT2D eigenvalue weighted by Crippen LogP contribution is -1.92. The van der Waals surface area contributed by atoms with Crippen LogP contribution in [0.15, 0.2) is 83.5 Å². The number of benzene rings is 3. The van der Waals surface area contributed by atoms with Crippen LogP contribution >= 0.6 is 0 Å². The largest absolute Gasteiger partial charge is 0.355 e. The molecule has 29 heavy (non-hydrogen) atoms. The fourth-order valence-corrected chi connectivity index (χ4v) is 3.20. The van der Waals surface area contributed by atoms with Crippen molar-refractivity contribution >= 4 is 10.9 Å². The van der Waals surface area contributed by atoms with Crippen LogP contribution in [0.4, 0.5) is 8.78 Å². The van der Waals surface area contributed by atoms with Gasteiger partial charge in [0.2, 0.25) is 0 Å². The zero-order chi connectivity index (χ0) is 19.8. The van der Waals surface area contributed by atoms with Gasteiger partial charge in [-0.3, -0.25) is 0 Å². The zero-order valence-corrected chi connectivity index (χ0v) is 15.0. The molecule has 0 radical (unpaired) electrons. The van der Waals surface area contributed by atoms with Gasteiger partial charge in [-0.15, -0.1) is 0 Å². The number of fused-ring (bicyclic) bond motifs is 1. The lowest BCUT2D eigenvalue weighted by molar-refractivity contribution is 0.441. The highest BCUT2D eigenvalue weighted by molar-refractivity contribution is 5.94. The Hall–Kier alpha value is -3.93. The van der Waals surface area contributed by atoms with E-state index in [2.05, 4.69) is 15.1 Å². The molecule has 0 bridgehead atoms. The summed E-state index contributed by atoms with van der Waals surface area (Å²) in [5.41, 5.74) is 3.54. The molecule has 0 unspecified atom stereocenters. The summed E-state index contributed by atoms with van der Waals surface area (Å²) in [6.45, 7) is 0. The second-order valence-corrected chi connectivity index (χ2v) is 6.53. The average Bonchev–Trinajstić information content (AvgIpc) is 3.18. The van der Waals surface area contributed by atoms with Crippen molar-refractivity contribution in [2.45, 2.75) is 0 Å². The fourth-order valence-electron chi connectivity index (χ4n) is 3.20. The van der Waals surface area contributed by atoms with Gasteiger partial charge in [0.1, 0.15) is 17.2 Å². The molecule has 0 atom stereocenters. The lowest BCUT2D eigenvalue weighted by Gasteiger charge is -2.05. The van der Waals surface area contributed by atoms with Gasteiger partial charge in [0.15, 0.2) is 11.6 Å². The molecular formula is C23H13F2N3O. The maximum atomic E-state index is 13.5. The van der Waals surface area contributed by atoms with Gasteiger partial charge in [0.05, 0.1) is 11.1 Å². The molecule has 0 aliphatic heterocycles. The lowest BCUT2D eigenvalue weighted by atomic mass is 10.0. The molecule has 5 aromatic rings. The molecule has 0 spiro atoms. The molecule has 140 valence electrons. The predicted molar refractivity (Wildman–Crippen MR) is 106 cm³/mol. The molecule has 0 aliphatic carbocycles. The van der Waals surface area contributed by atoms with E-state index in [9.17, 15) is 8.78 Å². The molecule has 0 amide bonds. The SMILES string of the molecule is Fc1ccc(-c2onc3ccc(-c4ccnc(-c5cccc(F)c5)n4)cc23)cc1. The highest BCUT2D eigenvalue weighted by Gasteiger charge is 2.13. The Morgan fingerprint density at radius 2 is 1.55 bits per heavy atom. The first-order valence-corrected chi connectivity index (χ1v) is 8.92. The van der Waals surface area contributed by atoms with E-state index in [0.29, 0.717) is 28.4 Å². The second-order valence-electron chi connectivity index (χ2n) is 6.53. The number of nitrogens with zero attached hydrogens (tertiary/aromatic N) is 3. The van der Waals surface area contributed by atoms with Crippen molar-refractivity contribution < 1.29 is 13.3 Å². The van der Waals surface area contributed by atoms with E-state index in [4.69, 9.17) is 4.52 Å². The van der Waals surface area contributed by atoms with E-state index in [1.54, 1.807) is 36.5 Å². The van der Waals surface area contributed by atoms with Crippen LogP contribution in [0, 0.1) is 11.6 Å². The Kier molecular flexibility index (Phi) is 4.09. The second kappa shape index (κ2) is 6.91. The first-order chi connectivity index (χ1) is 14.2. The van der Waals surface area contributed by atoms with Gasteiger partial charge >= 0.3 is 0 Å². The number of hydrogen-bond acceptors (Lipinski definition) is 4. The minimum Gasteiger partial charge on any atom is -0.355 e. The minimum absolute atomic E-state index is 0.316. The van der Waals surface area contributed by atoms with Crippen LogP contribution in [0.5, 0.6) is 0 Å². The van der Waals surface area contributed by atoms with Crippen molar-refractivity contribution in [2.24, 2.45) is 0 Å². The fraction of sp³-hybridized carbons (Fsp3) is 0. The highest BCUT2D eigenvalue weighted by Crippen LogP contribution is 2.32. The van der Waals surface area contributed by atoms with Crippen LogP contribution in [0.25, 0.3) is 44.9 Å². The molecule has 5 rings (SSSR count). The van der Waals surface area contributed by atoms with Gasteiger partial charge in [0.25, 0.3) is 0 Å². The summed E-state index contributed by atoms with van der Waals surface area (Å²) in [6, 6.07) is 19.6. The van der Waals surface area contributed by atoms with Gasteiger partial charge in [-0.1, -0.05) is 23.4 Å². The molecular weight excluding hydrogens is 372 g/mol. The molecule has 0 saturated heterocycles. The van der Waals surface area contributed by atoms with E-state index in [0.717, 1.165) is 16.5 Å². The number of hydrogen-bond donors (Lipinski definition) is 0. The molecule has 2 aromatic heterocycles. The third kappa shape index (κ3) is 3.25. The van der Waals surface area contributed by atoms with Gasteiger partial charge < -0.3 is 4.52 Å². The summed E-state index contributed by atoms with van der Waals surface area (Å²) in [5, 5.41) is 4.88. The van der Waals surface area contributed by atoms with Crippen LogP contribution < -0.4 is 0 Å². The minimum atomic E-state index is -0.341. The monoisotopic (exact) mass is 385 g/mol. The van der Waals surface area contributed by atoms with Gasteiger partial charge in [-0.2, -0.15) is 0 Å². The van der Waals surface area contributed by atoms with Crippen molar-refractivity contribution in [2.75, 3.05) is 0 Å². The first kappa shape index (κ1) is 17.2. The Bertz CT molecular complexity index is 1330. The molecule has 3 aromatic carbocycles. The summed E-state index contributed by atoms with van der Waals surface area (Å²) in [7, 11) is 0. The van der Waals surface area contributed by atoms with Gasteiger partial charge in [-0.25, -0.2) is 18.7 Å². The molecule has 0 saturated carbocycles. The smallest absolute Gasteiger partial charge is 0.174 e. The molecule has 6 heteroatoms. The topological polar surface area (TPSA) is 51.8 Å². The third-order valence-electron chi connectivity index (χ3n) is 4.62. The Balaban J connectivity index is 1.60. The molecule has 2 heterocycles. The molecule has 0 fully saturated rings. The van der Waals surface area contributed by atoms with Crippen LogP contribution in [0.2, 0.25) is 0 Å². The summed E-state index contributed by atoms with van der Waals surface area (Å²) < 4.78 is 32.3. The van der Waals surface area contributed by atoms with E-state index in [1.165, 1.54) is 24.3 Å². The summed E-state index contributed by atoms with van der Waals surface area (Å²) in [6.07, 6.45) is 1.64. The number of rotatable bonds is 3. The number of aromatic nitrogens is 3. The Morgan fingerprint density at radius 3 is 2.38 bits per heavy atom. The van der Waals surface area contributed by atoms with Crippen LogP contribution in [0.3, 0.4) is 0 Å². The van der Waals surface area contributed by atoms with Crippen LogP contribution in [-0.4, -0.2) is 15.1 Å². The first-order valence-electron chi connectivity index (χ1n) is 8.92. The normalized spacial score (nSPS) is 11.1. The van der Waals surface area contributed by atoms with Gasteiger partial charge in [-0.05, 0) is 54.6 Å². The Labute approximate surface area is 164 Å². The van der Waals surface area contributed by atoms with Gasteiger partial charge in [0, 0.05) is 22.9 Å². The summed E-state index contributed by atoms with van der Waals surface area (Å²) >= 11 is 0. The average molecular weight is 385 g/mol. The van der Waals surface area contributed by atoms with Crippen LogP contribution in [0.1, 0.15) is 0 Å². The van der Waals surface area contributed by atoms with E-state index in [-0.39, 0.29) is 11.6 Å².